The average Bonchev–Trinajstić information content (AvgIpc) is 2.93. The number of hydrogen-bond acceptors (Lipinski definition) is 4. The Labute approximate surface area is 170 Å². The Balaban J connectivity index is 2.31. The Morgan fingerprint density at radius 3 is 2.46 bits per heavy atom. The van der Waals surface area contributed by atoms with Crippen molar-refractivity contribution in [2.24, 2.45) is 0 Å². The highest BCUT2D eigenvalue weighted by Crippen LogP contribution is 2.36. The van der Waals surface area contributed by atoms with Crippen LogP contribution in [0.15, 0.2) is 30.3 Å². The lowest BCUT2D eigenvalue weighted by Crippen LogP contribution is -2.16. The van der Waals surface area contributed by atoms with Gasteiger partial charge in [-0.2, -0.15) is 0 Å². The summed E-state index contributed by atoms with van der Waals surface area (Å²) in [6.07, 6.45) is 0. The molecule has 0 aliphatic heterocycles. The van der Waals surface area contributed by atoms with Crippen molar-refractivity contribution in [1.82, 2.24) is 4.57 Å². The number of nitrogens with zero attached hydrogens (tertiary/aromatic N) is 1. The third-order valence-electron chi connectivity index (χ3n) is 4.68. The topological polar surface area (TPSA) is 68.5 Å². The van der Waals surface area contributed by atoms with Crippen molar-refractivity contribution in [1.29, 1.82) is 0 Å². The molecule has 0 aliphatic carbocycles. The van der Waals surface area contributed by atoms with Crippen molar-refractivity contribution in [2.45, 2.75) is 19.8 Å². The Kier molecular flexibility index (Phi) is 5.37. The van der Waals surface area contributed by atoms with Crippen LogP contribution in [0.3, 0.4) is 0 Å². The first-order valence-corrected chi connectivity index (χ1v) is 9.04. The Morgan fingerprint density at radius 2 is 1.86 bits per heavy atom. The number of ether oxygens (including phenoxy) is 1. The second-order valence-corrected chi connectivity index (χ2v) is 7.15. The van der Waals surface area contributed by atoms with Gasteiger partial charge in [0.05, 0.1) is 28.6 Å². The van der Waals surface area contributed by atoms with Crippen LogP contribution in [0.5, 0.6) is 5.75 Å². The van der Waals surface area contributed by atoms with E-state index in [4.69, 9.17) is 27.9 Å². The Bertz CT molecular complexity index is 1120. The van der Waals surface area contributed by atoms with Gasteiger partial charge in [0.2, 0.25) is 0 Å². The molecule has 0 spiro atoms. The van der Waals surface area contributed by atoms with Gasteiger partial charge in [0.1, 0.15) is 0 Å². The van der Waals surface area contributed by atoms with Crippen LogP contribution < -0.4 is 0 Å². The molecule has 5 nitrogen and oxygen atoms in total. The molecule has 1 unspecified atom stereocenters. The molecular formula is C20H16Cl2FNO4. The van der Waals surface area contributed by atoms with Gasteiger partial charge in [0.15, 0.2) is 11.6 Å². The summed E-state index contributed by atoms with van der Waals surface area (Å²) in [5.41, 5.74) is 1.34. The zero-order valence-electron chi connectivity index (χ0n) is 15.2. The molecule has 0 fully saturated rings. The molecule has 0 amide bonds. The number of phenols is 1. The molecule has 1 atom stereocenters. The van der Waals surface area contributed by atoms with Gasteiger partial charge in [-0.05, 0) is 43.7 Å². The molecule has 0 radical (unpaired) electrons. The predicted octanol–water partition coefficient (Wildman–Crippen LogP) is 5.07. The van der Waals surface area contributed by atoms with Crippen LogP contribution in [-0.4, -0.2) is 28.7 Å². The van der Waals surface area contributed by atoms with Crippen LogP contribution in [0.1, 0.15) is 34.5 Å². The monoisotopic (exact) mass is 423 g/mol. The smallest absolute Gasteiger partial charge is 0.312 e. The number of hydrogen-bond donors (Lipinski definition) is 1. The van der Waals surface area contributed by atoms with Gasteiger partial charge in [-0.15, -0.1) is 0 Å². The van der Waals surface area contributed by atoms with Crippen LogP contribution in [0.2, 0.25) is 10.0 Å². The van der Waals surface area contributed by atoms with Crippen LogP contribution >= 0.6 is 23.2 Å². The fourth-order valence-corrected chi connectivity index (χ4v) is 3.61. The summed E-state index contributed by atoms with van der Waals surface area (Å²) in [4.78, 5) is 25.3. The van der Waals surface area contributed by atoms with E-state index < -0.39 is 29.4 Å². The molecule has 8 heteroatoms. The normalized spacial score (nSPS) is 12.2. The summed E-state index contributed by atoms with van der Waals surface area (Å²) in [7, 11) is 1.26. The van der Waals surface area contributed by atoms with Crippen LogP contribution in [-0.2, 0) is 9.53 Å². The molecule has 1 aromatic heterocycles. The van der Waals surface area contributed by atoms with Crippen LogP contribution in [0.25, 0.3) is 10.9 Å². The minimum absolute atomic E-state index is 0.202. The van der Waals surface area contributed by atoms with Gasteiger partial charge in [-0.25, -0.2) is 4.39 Å². The second kappa shape index (κ2) is 7.45. The quantitative estimate of drug-likeness (QED) is 0.597. The van der Waals surface area contributed by atoms with Crippen molar-refractivity contribution in [3.63, 3.8) is 0 Å². The van der Waals surface area contributed by atoms with Gasteiger partial charge in [-0.1, -0.05) is 23.2 Å². The summed E-state index contributed by atoms with van der Waals surface area (Å²) in [6.45, 7) is 3.25. The van der Waals surface area contributed by atoms with E-state index in [1.807, 2.05) is 0 Å². The molecule has 3 aromatic rings. The number of esters is 1. The molecule has 28 heavy (non-hydrogen) atoms. The Morgan fingerprint density at radius 1 is 1.18 bits per heavy atom. The maximum atomic E-state index is 14.1. The fourth-order valence-electron chi connectivity index (χ4n) is 3.31. The summed E-state index contributed by atoms with van der Waals surface area (Å²) in [6, 6.07) is 6.66. The molecule has 2 aromatic carbocycles. The largest absolute Gasteiger partial charge is 0.505 e. The highest BCUT2D eigenvalue weighted by Gasteiger charge is 2.28. The molecule has 0 saturated carbocycles. The standard InChI is InChI=1S/C20H16Cl2FNO4/c1-9(20(27)28-3)18-10(2)24(16-8-15(23)17(25)7-12(16)18)19(26)11-4-5-13(21)14(22)6-11/h4-9,25H,1-3H3. The number of aromatic nitrogens is 1. The number of phenolic OH excluding ortho intramolecular Hbond substituents is 1. The number of fused-ring (bicyclic) bond motifs is 1. The van der Waals surface area contributed by atoms with E-state index in [0.717, 1.165) is 6.07 Å². The van der Waals surface area contributed by atoms with E-state index in [9.17, 15) is 19.1 Å². The van der Waals surface area contributed by atoms with Gasteiger partial charge in [-0.3, -0.25) is 14.2 Å². The predicted molar refractivity (Wildman–Crippen MR) is 105 cm³/mol. The fraction of sp³-hybridized carbons (Fsp3) is 0.200. The third kappa shape index (κ3) is 3.23. The second-order valence-electron chi connectivity index (χ2n) is 6.33. The van der Waals surface area contributed by atoms with Crippen LogP contribution in [0, 0.1) is 12.7 Å². The summed E-state index contributed by atoms with van der Waals surface area (Å²) >= 11 is 11.9. The average molecular weight is 424 g/mol. The van der Waals surface area contributed by atoms with E-state index in [1.54, 1.807) is 13.8 Å². The lowest BCUT2D eigenvalue weighted by molar-refractivity contribution is -0.141. The van der Waals surface area contributed by atoms with E-state index in [1.165, 1.54) is 35.9 Å². The third-order valence-corrected chi connectivity index (χ3v) is 5.42. The lowest BCUT2D eigenvalue weighted by Gasteiger charge is -2.11. The molecular weight excluding hydrogens is 408 g/mol. The highest BCUT2D eigenvalue weighted by molar-refractivity contribution is 6.42. The number of rotatable bonds is 3. The van der Waals surface area contributed by atoms with Gasteiger partial charge >= 0.3 is 5.97 Å². The van der Waals surface area contributed by atoms with Gasteiger partial charge in [0, 0.05) is 22.7 Å². The van der Waals surface area contributed by atoms with E-state index in [0.29, 0.717) is 21.7 Å². The maximum Gasteiger partial charge on any atom is 0.312 e. The van der Waals surface area contributed by atoms with Crippen LogP contribution in [0.4, 0.5) is 4.39 Å². The first kappa shape index (κ1) is 20.2. The number of benzene rings is 2. The summed E-state index contributed by atoms with van der Waals surface area (Å²) < 4.78 is 20.2. The number of carbonyl (C=O) groups is 2. The summed E-state index contributed by atoms with van der Waals surface area (Å²) in [5, 5.41) is 10.7. The van der Waals surface area contributed by atoms with Crippen molar-refractivity contribution < 1.29 is 23.8 Å². The molecule has 0 aliphatic rings. The molecule has 0 saturated heterocycles. The first-order chi connectivity index (χ1) is 13.2. The molecule has 3 rings (SSSR count). The SMILES string of the molecule is COC(=O)C(C)c1c(C)n(C(=O)c2ccc(Cl)c(Cl)c2)c2cc(F)c(O)cc12. The lowest BCUT2D eigenvalue weighted by atomic mass is 9.98. The van der Waals surface area contributed by atoms with Crippen molar-refractivity contribution >= 4 is 46.0 Å². The number of aromatic hydroxyl groups is 1. The number of carbonyl (C=O) groups excluding carboxylic acids is 2. The van der Waals surface area contributed by atoms with E-state index >= 15 is 0 Å². The van der Waals surface area contributed by atoms with E-state index in [-0.39, 0.29) is 16.1 Å². The minimum atomic E-state index is -0.884. The highest BCUT2D eigenvalue weighted by atomic mass is 35.5. The first-order valence-electron chi connectivity index (χ1n) is 8.28. The summed E-state index contributed by atoms with van der Waals surface area (Å²) in [5.74, 6) is -3.20. The molecule has 1 N–H and O–H groups in total. The molecule has 0 bridgehead atoms. The maximum absolute atomic E-state index is 14.1. The zero-order chi connectivity index (χ0) is 20.7. The van der Waals surface area contributed by atoms with Crippen molar-refractivity contribution in [2.75, 3.05) is 7.11 Å². The van der Waals surface area contributed by atoms with Crippen molar-refractivity contribution in [3.05, 3.63) is 63.0 Å². The molecule has 1 heterocycles. The van der Waals surface area contributed by atoms with Gasteiger partial charge in [0.25, 0.3) is 5.91 Å². The van der Waals surface area contributed by atoms with Crippen molar-refractivity contribution in [3.8, 4) is 5.75 Å². The minimum Gasteiger partial charge on any atom is -0.505 e. The zero-order valence-corrected chi connectivity index (χ0v) is 16.7. The number of methoxy groups -OCH3 is 1. The number of halogens is 3. The Hall–Kier alpha value is -2.57. The van der Waals surface area contributed by atoms with Gasteiger partial charge < -0.3 is 9.84 Å². The molecule has 146 valence electrons. The van der Waals surface area contributed by atoms with E-state index in [2.05, 4.69) is 0 Å².